The Labute approximate surface area is 180 Å². The molecule has 0 aliphatic heterocycles. The third-order valence-corrected chi connectivity index (χ3v) is 5.94. The summed E-state index contributed by atoms with van der Waals surface area (Å²) in [5, 5.41) is 1.80. The van der Waals surface area contributed by atoms with Crippen LogP contribution in [0.4, 0.5) is 0 Å². The fourth-order valence-corrected chi connectivity index (χ4v) is 4.12. The van der Waals surface area contributed by atoms with Crippen molar-refractivity contribution in [3.8, 4) is 5.69 Å². The van der Waals surface area contributed by atoms with Crippen molar-refractivity contribution in [2.24, 2.45) is 7.05 Å². The zero-order valence-corrected chi connectivity index (χ0v) is 17.8. The predicted molar refractivity (Wildman–Crippen MR) is 129 cm³/mol. The van der Waals surface area contributed by atoms with E-state index in [-0.39, 0.29) is 5.56 Å². The summed E-state index contributed by atoms with van der Waals surface area (Å²) < 4.78 is 3.88. The second-order valence-corrected chi connectivity index (χ2v) is 7.87. The maximum atomic E-state index is 13.4. The molecule has 0 atom stereocenters. The van der Waals surface area contributed by atoms with Crippen molar-refractivity contribution in [2.45, 2.75) is 13.8 Å². The first-order valence-electron chi connectivity index (χ1n) is 10.4. The summed E-state index contributed by atoms with van der Waals surface area (Å²) >= 11 is 0. The molecule has 0 aliphatic rings. The van der Waals surface area contributed by atoms with Crippen LogP contribution in [0.5, 0.6) is 0 Å². The normalized spacial score (nSPS) is 11.7. The highest BCUT2D eigenvalue weighted by Crippen LogP contribution is 2.26. The van der Waals surface area contributed by atoms with Gasteiger partial charge in [-0.2, -0.15) is 0 Å². The molecule has 0 saturated heterocycles. The summed E-state index contributed by atoms with van der Waals surface area (Å²) in [6, 6.07) is 23.8. The lowest BCUT2D eigenvalue weighted by atomic mass is 10.1. The Hall–Kier alpha value is -3.92. The van der Waals surface area contributed by atoms with Crippen LogP contribution in [0, 0.1) is 13.8 Å². The Morgan fingerprint density at radius 3 is 2.26 bits per heavy atom. The SMILES string of the molecule is Cc1ccc(-n2c(/C=C/c3c(C)n(C)c4ccccc34)nc3ccccc3c2=O)cc1. The number of hydrogen-bond donors (Lipinski definition) is 0. The van der Waals surface area contributed by atoms with Crippen molar-refractivity contribution in [3.05, 3.63) is 106 Å². The Bertz CT molecular complexity index is 1520. The summed E-state index contributed by atoms with van der Waals surface area (Å²) in [5.74, 6) is 0.611. The van der Waals surface area contributed by atoms with E-state index >= 15 is 0 Å². The van der Waals surface area contributed by atoms with Crippen LogP contribution in [-0.4, -0.2) is 14.1 Å². The molecule has 152 valence electrons. The van der Waals surface area contributed by atoms with Gasteiger partial charge in [0.1, 0.15) is 5.82 Å². The highest BCUT2D eigenvalue weighted by atomic mass is 16.1. The van der Waals surface area contributed by atoms with E-state index in [1.54, 1.807) is 4.57 Å². The molecular formula is C27H23N3O. The Kier molecular flexibility index (Phi) is 4.55. The molecular weight excluding hydrogens is 382 g/mol. The van der Waals surface area contributed by atoms with Crippen LogP contribution in [0.2, 0.25) is 0 Å². The smallest absolute Gasteiger partial charge is 0.266 e. The summed E-state index contributed by atoms with van der Waals surface area (Å²) in [5.41, 5.74) is 6.08. The van der Waals surface area contributed by atoms with E-state index in [0.717, 1.165) is 16.8 Å². The van der Waals surface area contributed by atoms with Gasteiger partial charge in [0, 0.05) is 29.2 Å². The van der Waals surface area contributed by atoms with Crippen LogP contribution in [0.1, 0.15) is 22.6 Å². The van der Waals surface area contributed by atoms with Crippen LogP contribution in [0.15, 0.2) is 77.6 Å². The Balaban J connectivity index is 1.75. The number of fused-ring (bicyclic) bond motifs is 2. The van der Waals surface area contributed by atoms with Gasteiger partial charge < -0.3 is 4.57 Å². The zero-order chi connectivity index (χ0) is 21.5. The largest absolute Gasteiger partial charge is 0.347 e. The number of aryl methyl sites for hydroxylation is 2. The van der Waals surface area contributed by atoms with Gasteiger partial charge in [0.25, 0.3) is 5.56 Å². The van der Waals surface area contributed by atoms with Gasteiger partial charge in [0.05, 0.1) is 16.6 Å². The monoisotopic (exact) mass is 405 g/mol. The topological polar surface area (TPSA) is 39.8 Å². The molecule has 0 amide bonds. The number of para-hydroxylation sites is 2. The maximum Gasteiger partial charge on any atom is 0.266 e. The Morgan fingerprint density at radius 1 is 0.806 bits per heavy atom. The average molecular weight is 406 g/mol. The zero-order valence-electron chi connectivity index (χ0n) is 17.8. The van der Waals surface area contributed by atoms with Crippen LogP contribution in [0.3, 0.4) is 0 Å². The summed E-state index contributed by atoms with van der Waals surface area (Å²) in [6.07, 6.45) is 4.02. The van der Waals surface area contributed by atoms with Gasteiger partial charge in [-0.25, -0.2) is 4.98 Å². The van der Waals surface area contributed by atoms with Gasteiger partial charge >= 0.3 is 0 Å². The molecule has 31 heavy (non-hydrogen) atoms. The minimum Gasteiger partial charge on any atom is -0.347 e. The first-order chi connectivity index (χ1) is 15.0. The number of nitrogens with zero attached hydrogens (tertiary/aromatic N) is 3. The van der Waals surface area contributed by atoms with Crippen LogP contribution >= 0.6 is 0 Å². The van der Waals surface area contributed by atoms with Crippen molar-refractivity contribution < 1.29 is 0 Å². The molecule has 0 saturated carbocycles. The molecule has 0 fully saturated rings. The molecule has 5 aromatic rings. The highest BCUT2D eigenvalue weighted by molar-refractivity contribution is 5.93. The third-order valence-electron chi connectivity index (χ3n) is 5.94. The molecule has 5 rings (SSSR count). The summed E-state index contributed by atoms with van der Waals surface area (Å²) in [6.45, 7) is 4.15. The molecule has 0 bridgehead atoms. The first-order valence-corrected chi connectivity index (χ1v) is 10.4. The van der Waals surface area contributed by atoms with E-state index in [1.807, 2.05) is 61.5 Å². The molecule has 0 N–H and O–H groups in total. The summed E-state index contributed by atoms with van der Waals surface area (Å²) in [7, 11) is 2.07. The van der Waals surface area contributed by atoms with E-state index < -0.39 is 0 Å². The highest BCUT2D eigenvalue weighted by Gasteiger charge is 2.13. The fraction of sp³-hybridized carbons (Fsp3) is 0.111. The minimum absolute atomic E-state index is 0.0660. The van der Waals surface area contributed by atoms with E-state index in [9.17, 15) is 4.79 Å². The minimum atomic E-state index is -0.0660. The third kappa shape index (κ3) is 3.17. The van der Waals surface area contributed by atoms with E-state index in [2.05, 4.69) is 48.9 Å². The van der Waals surface area contributed by atoms with Crippen LogP contribution in [-0.2, 0) is 7.05 Å². The van der Waals surface area contributed by atoms with Gasteiger partial charge in [-0.15, -0.1) is 0 Å². The van der Waals surface area contributed by atoms with Gasteiger partial charge in [-0.05, 0) is 56.3 Å². The molecule has 3 aromatic carbocycles. The van der Waals surface area contributed by atoms with Crippen molar-refractivity contribution in [1.82, 2.24) is 14.1 Å². The maximum absolute atomic E-state index is 13.4. The van der Waals surface area contributed by atoms with Crippen molar-refractivity contribution >= 4 is 34.0 Å². The van der Waals surface area contributed by atoms with E-state index in [1.165, 1.54) is 16.6 Å². The molecule has 0 radical (unpaired) electrons. The lowest BCUT2D eigenvalue weighted by Crippen LogP contribution is -2.22. The van der Waals surface area contributed by atoms with E-state index in [4.69, 9.17) is 4.98 Å². The number of hydrogen-bond acceptors (Lipinski definition) is 2. The molecule has 0 aliphatic carbocycles. The van der Waals surface area contributed by atoms with Crippen LogP contribution < -0.4 is 5.56 Å². The molecule has 2 heterocycles. The molecule has 0 spiro atoms. The quantitative estimate of drug-likeness (QED) is 0.388. The van der Waals surface area contributed by atoms with Crippen molar-refractivity contribution in [1.29, 1.82) is 0 Å². The van der Waals surface area contributed by atoms with Crippen LogP contribution in [0.25, 0.3) is 39.6 Å². The van der Waals surface area contributed by atoms with Crippen molar-refractivity contribution in [3.63, 3.8) is 0 Å². The number of benzene rings is 3. The number of rotatable bonds is 3. The van der Waals surface area contributed by atoms with Gasteiger partial charge in [-0.3, -0.25) is 9.36 Å². The Morgan fingerprint density at radius 2 is 1.48 bits per heavy atom. The lowest BCUT2D eigenvalue weighted by molar-refractivity contribution is 0.916. The molecule has 0 unspecified atom stereocenters. The fourth-order valence-electron chi connectivity index (χ4n) is 4.12. The second kappa shape index (κ2) is 7.40. The van der Waals surface area contributed by atoms with Gasteiger partial charge in [-0.1, -0.05) is 48.0 Å². The molecule has 4 nitrogen and oxygen atoms in total. The van der Waals surface area contributed by atoms with E-state index in [0.29, 0.717) is 16.7 Å². The second-order valence-electron chi connectivity index (χ2n) is 7.87. The van der Waals surface area contributed by atoms with Gasteiger partial charge in [0.15, 0.2) is 0 Å². The predicted octanol–water partition coefficient (Wildman–Crippen LogP) is 5.66. The summed E-state index contributed by atoms with van der Waals surface area (Å²) in [4.78, 5) is 18.3. The molecule has 2 aromatic heterocycles. The standard InChI is InChI=1S/C27H23N3O/c1-18-12-14-20(15-13-18)30-26(28-24-10-6-4-9-23(24)27(30)31)17-16-21-19(2)29(3)25-11-7-5-8-22(21)25/h4-17H,1-3H3/b17-16+. The average Bonchev–Trinajstić information content (AvgIpc) is 3.03. The van der Waals surface area contributed by atoms with Gasteiger partial charge in [0.2, 0.25) is 0 Å². The van der Waals surface area contributed by atoms with Crippen molar-refractivity contribution in [2.75, 3.05) is 0 Å². The first kappa shape index (κ1) is 19.1. The molecule has 4 heteroatoms. The number of aromatic nitrogens is 3. The lowest BCUT2D eigenvalue weighted by Gasteiger charge is -2.11.